The second-order valence-corrected chi connectivity index (χ2v) is 5.41. The summed E-state index contributed by atoms with van der Waals surface area (Å²) in [6, 6.07) is 14.4. The van der Waals surface area contributed by atoms with Crippen molar-refractivity contribution in [2.45, 2.75) is 12.5 Å². The third-order valence-corrected chi connectivity index (χ3v) is 3.68. The summed E-state index contributed by atoms with van der Waals surface area (Å²) in [4.78, 5) is 25.3. The van der Waals surface area contributed by atoms with Gasteiger partial charge in [0.2, 0.25) is 5.91 Å². The number of carbonyl (C=O) groups is 2. The minimum Gasteiger partial charge on any atom is -0.478 e. The van der Waals surface area contributed by atoms with Crippen molar-refractivity contribution in [3.05, 3.63) is 54.1 Å². The van der Waals surface area contributed by atoms with Gasteiger partial charge in [-0.3, -0.25) is 14.5 Å². The molecular weight excluding hydrogens is 294 g/mol. The van der Waals surface area contributed by atoms with Crippen molar-refractivity contribution >= 4 is 23.2 Å². The molecule has 3 rings (SSSR count). The lowest BCUT2D eigenvalue weighted by molar-refractivity contribution is -0.128. The van der Waals surface area contributed by atoms with Gasteiger partial charge in [-0.1, -0.05) is 24.3 Å². The van der Waals surface area contributed by atoms with E-state index in [0.717, 1.165) is 5.56 Å². The number of fused-ring (bicyclic) bond motifs is 1. The molecule has 1 aliphatic heterocycles. The van der Waals surface area contributed by atoms with Crippen molar-refractivity contribution in [3.63, 3.8) is 0 Å². The minimum atomic E-state index is -0.701. The van der Waals surface area contributed by atoms with Gasteiger partial charge in [-0.15, -0.1) is 0 Å². The Hall–Kier alpha value is -3.02. The molecule has 2 amide bonds. The first-order chi connectivity index (χ1) is 11.0. The van der Waals surface area contributed by atoms with Crippen LogP contribution in [0.15, 0.2) is 48.5 Å². The number of carbonyl (C=O) groups excluding carboxylic acids is 2. The summed E-state index contributed by atoms with van der Waals surface area (Å²) in [5.41, 5.74) is 13.1. The second kappa shape index (κ2) is 6.00. The van der Waals surface area contributed by atoms with Crippen LogP contribution >= 0.6 is 0 Å². The van der Waals surface area contributed by atoms with Gasteiger partial charge in [-0.05, 0) is 29.8 Å². The molecule has 0 fully saturated rings. The van der Waals surface area contributed by atoms with E-state index in [0.29, 0.717) is 23.5 Å². The summed E-state index contributed by atoms with van der Waals surface area (Å²) >= 11 is 0. The first kappa shape index (κ1) is 14.9. The van der Waals surface area contributed by atoms with Crippen LogP contribution in [-0.2, 0) is 16.0 Å². The summed E-state index contributed by atoms with van der Waals surface area (Å²) in [6.07, 6.45) is -0.309. The molecule has 1 aliphatic rings. The molecule has 118 valence electrons. The Morgan fingerprint density at radius 1 is 1.13 bits per heavy atom. The largest absolute Gasteiger partial charge is 0.478 e. The van der Waals surface area contributed by atoms with E-state index in [2.05, 4.69) is 0 Å². The Morgan fingerprint density at radius 3 is 2.52 bits per heavy atom. The van der Waals surface area contributed by atoms with Gasteiger partial charge in [0.25, 0.3) is 5.91 Å². The van der Waals surface area contributed by atoms with Crippen molar-refractivity contribution in [2.24, 2.45) is 5.73 Å². The van der Waals surface area contributed by atoms with Gasteiger partial charge < -0.3 is 16.2 Å². The molecule has 0 spiro atoms. The molecular formula is C17H17N3O3. The topological polar surface area (TPSA) is 98.7 Å². The number of amides is 2. The highest BCUT2D eigenvalue weighted by Gasteiger charge is 2.34. The average molecular weight is 311 g/mol. The van der Waals surface area contributed by atoms with Crippen molar-refractivity contribution in [1.29, 1.82) is 0 Å². The normalized spacial score (nSPS) is 16.6. The van der Waals surface area contributed by atoms with Gasteiger partial charge in [0.1, 0.15) is 12.3 Å². The fourth-order valence-corrected chi connectivity index (χ4v) is 2.59. The number of para-hydroxylation sites is 2. The second-order valence-electron chi connectivity index (χ2n) is 5.41. The number of nitrogens with zero attached hydrogens (tertiary/aromatic N) is 1. The Labute approximate surface area is 133 Å². The monoisotopic (exact) mass is 311 g/mol. The van der Waals surface area contributed by atoms with E-state index in [1.54, 1.807) is 30.3 Å². The number of nitrogens with two attached hydrogens (primary N) is 2. The zero-order valence-corrected chi connectivity index (χ0v) is 12.4. The highest BCUT2D eigenvalue weighted by molar-refractivity contribution is 6.03. The third kappa shape index (κ3) is 3.11. The zero-order valence-electron chi connectivity index (χ0n) is 12.4. The maximum Gasteiger partial charge on any atom is 0.268 e. The number of nitrogen functional groups attached to an aromatic ring is 1. The lowest BCUT2D eigenvalue weighted by atomic mass is 10.0. The molecule has 0 saturated carbocycles. The van der Waals surface area contributed by atoms with Gasteiger partial charge in [0.15, 0.2) is 6.10 Å². The molecule has 1 atom stereocenters. The van der Waals surface area contributed by atoms with Crippen LogP contribution in [0.4, 0.5) is 11.4 Å². The van der Waals surface area contributed by atoms with Crippen molar-refractivity contribution in [1.82, 2.24) is 0 Å². The molecule has 6 heteroatoms. The number of anilines is 2. The van der Waals surface area contributed by atoms with Crippen LogP contribution in [0.1, 0.15) is 5.56 Å². The molecule has 0 radical (unpaired) electrons. The van der Waals surface area contributed by atoms with E-state index in [-0.39, 0.29) is 12.5 Å². The van der Waals surface area contributed by atoms with Crippen LogP contribution in [0, 0.1) is 0 Å². The number of hydrogen-bond acceptors (Lipinski definition) is 4. The number of benzene rings is 2. The average Bonchev–Trinajstić information content (AvgIpc) is 2.53. The number of ether oxygens (including phenoxy) is 1. The molecule has 1 heterocycles. The highest BCUT2D eigenvalue weighted by Crippen LogP contribution is 2.34. The predicted octanol–water partition coefficient (Wildman–Crippen LogP) is 1.09. The number of hydrogen-bond donors (Lipinski definition) is 2. The minimum absolute atomic E-state index is 0.169. The molecule has 2 aromatic rings. The Kier molecular flexibility index (Phi) is 3.89. The van der Waals surface area contributed by atoms with Crippen LogP contribution in [0.2, 0.25) is 0 Å². The first-order valence-corrected chi connectivity index (χ1v) is 7.24. The van der Waals surface area contributed by atoms with E-state index in [4.69, 9.17) is 16.2 Å². The fourth-order valence-electron chi connectivity index (χ4n) is 2.59. The Morgan fingerprint density at radius 2 is 1.83 bits per heavy atom. The molecule has 0 aromatic heterocycles. The molecule has 0 bridgehead atoms. The van der Waals surface area contributed by atoms with Crippen molar-refractivity contribution < 1.29 is 14.3 Å². The molecule has 2 aromatic carbocycles. The summed E-state index contributed by atoms with van der Waals surface area (Å²) in [5, 5.41) is 0. The lowest BCUT2D eigenvalue weighted by Crippen LogP contribution is -2.49. The van der Waals surface area contributed by atoms with E-state index >= 15 is 0 Å². The number of rotatable bonds is 4. The standard InChI is InChI=1S/C17H17N3O3/c18-12-7-5-11(6-8-12)9-15-17(22)20(10-16(19)21)13-3-1-2-4-14(13)23-15/h1-8,15H,9-10,18H2,(H2,19,21). The van der Waals surface area contributed by atoms with Gasteiger partial charge in [0.05, 0.1) is 5.69 Å². The zero-order chi connectivity index (χ0) is 16.4. The molecule has 4 N–H and O–H groups in total. The van der Waals surface area contributed by atoms with Gasteiger partial charge in [-0.2, -0.15) is 0 Å². The summed E-state index contributed by atoms with van der Waals surface area (Å²) in [6.45, 7) is -0.169. The van der Waals surface area contributed by atoms with Crippen molar-refractivity contribution in [3.8, 4) is 5.75 Å². The van der Waals surface area contributed by atoms with Crippen LogP contribution in [0.5, 0.6) is 5.75 Å². The maximum absolute atomic E-state index is 12.7. The van der Waals surface area contributed by atoms with Gasteiger partial charge in [-0.25, -0.2) is 0 Å². The molecule has 23 heavy (non-hydrogen) atoms. The van der Waals surface area contributed by atoms with E-state index < -0.39 is 12.0 Å². The van der Waals surface area contributed by atoms with Gasteiger partial charge in [0, 0.05) is 12.1 Å². The Balaban J connectivity index is 1.89. The highest BCUT2D eigenvalue weighted by atomic mass is 16.5. The van der Waals surface area contributed by atoms with Crippen molar-refractivity contribution in [2.75, 3.05) is 17.2 Å². The first-order valence-electron chi connectivity index (χ1n) is 7.24. The molecule has 1 unspecified atom stereocenters. The van der Waals surface area contributed by atoms with Crippen LogP contribution < -0.4 is 21.1 Å². The molecule has 0 saturated heterocycles. The lowest BCUT2D eigenvalue weighted by Gasteiger charge is -2.33. The van der Waals surface area contributed by atoms with E-state index in [1.165, 1.54) is 4.90 Å². The predicted molar refractivity (Wildman–Crippen MR) is 87.0 cm³/mol. The van der Waals surface area contributed by atoms with Crippen LogP contribution in [0.25, 0.3) is 0 Å². The van der Waals surface area contributed by atoms with E-state index in [1.807, 2.05) is 18.2 Å². The fraction of sp³-hybridized carbons (Fsp3) is 0.176. The van der Waals surface area contributed by atoms with Crippen LogP contribution in [-0.4, -0.2) is 24.5 Å². The Bertz CT molecular complexity index is 743. The quantitative estimate of drug-likeness (QED) is 0.826. The molecule has 0 aliphatic carbocycles. The summed E-state index contributed by atoms with van der Waals surface area (Å²) < 4.78 is 5.82. The SMILES string of the molecule is NC(=O)CN1C(=O)C(Cc2ccc(N)cc2)Oc2ccccc21. The maximum atomic E-state index is 12.7. The molecule has 6 nitrogen and oxygen atoms in total. The summed E-state index contributed by atoms with van der Waals surface area (Å²) in [7, 11) is 0. The van der Waals surface area contributed by atoms with Crippen LogP contribution in [0.3, 0.4) is 0 Å². The summed E-state index contributed by atoms with van der Waals surface area (Å²) in [5.74, 6) is -0.283. The van der Waals surface area contributed by atoms with Gasteiger partial charge >= 0.3 is 0 Å². The third-order valence-electron chi connectivity index (χ3n) is 3.68. The smallest absolute Gasteiger partial charge is 0.268 e. The number of primary amides is 1. The van der Waals surface area contributed by atoms with E-state index in [9.17, 15) is 9.59 Å².